The van der Waals surface area contributed by atoms with Crippen molar-refractivity contribution in [3.63, 3.8) is 0 Å². The smallest absolute Gasteiger partial charge is 0.212 e. The number of hydrogen-bond acceptors (Lipinski definition) is 5. The molecule has 0 spiro atoms. The van der Waals surface area contributed by atoms with Gasteiger partial charge in [-0.2, -0.15) is 5.26 Å². The minimum Gasteiger partial charge on any atom is -0.457 e. The van der Waals surface area contributed by atoms with Gasteiger partial charge < -0.3 is 17.7 Å². The molecule has 0 bridgehead atoms. The highest BCUT2D eigenvalue weighted by Gasteiger charge is 2.26. The van der Waals surface area contributed by atoms with E-state index in [1.807, 2.05) is 88.0 Å². The molecule has 16 rings (SSSR count). The summed E-state index contributed by atoms with van der Waals surface area (Å²) in [4.78, 5) is 11.5. The minimum absolute atomic E-state index is 0.280. The van der Waals surface area contributed by atoms with E-state index in [1.54, 1.807) is 0 Å². The van der Waals surface area contributed by atoms with Crippen LogP contribution >= 0.6 is 0 Å². The molecule has 0 atom stereocenters. The van der Waals surface area contributed by atoms with E-state index in [-0.39, 0.29) is 11.8 Å². The first-order valence-corrected chi connectivity index (χ1v) is 35.3. The normalized spacial score (nSPS) is 11.4. The summed E-state index contributed by atoms with van der Waals surface area (Å²) in [5.41, 5.74) is 27.2. The Balaban J connectivity index is 0.000000123. The van der Waals surface area contributed by atoms with E-state index in [9.17, 15) is 5.26 Å². The number of fused-ring (bicyclic) bond motifs is 12. The maximum absolute atomic E-state index is 9.70. The molecule has 0 saturated carbocycles. The minimum atomic E-state index is 0.280. The molecule has 0 radical (unpaired) electrons. The van der Waals surface area contributed by atoms with Crippen molar-refractivity contribution in [3.8, 4) is 51.1 Å². The first-order valence-electron chi connectivity index (χ1n) is 35.3. The Hall–Kier alpha value is -12.5. The second-order valence-electron chi connectivity index (χ2n) is 28.5. The van der Waals surface area contributed by atoms with Crippen LogP contribution in [0, 0.1) is 58.7 Å². The van der Waals surface area contributed by atoms with Crippen LogP contribution in [0.1, 0.15) is 129 Å². The summed E-state index contributed by atoms with van der Waals surface area (Å²) in [6, 6.07) is 60.4. The fraction of sp³-hybridized carbons (Fsp3) is 0.217. The fourth-order valence-electron chi connectivity index (χ4n) is 14.5. The molecule has 0 unspecified atom stereocenters. The number of aryl methyl sites for hydroxylation is 8. The first kappa shape index (κ1) is 70.0. The molecular formula is C92H84N8O4+4. The topological polar surface area (TPSA) is 105 Å². The Morgan fingerprint density at radius 2 is 0.779 bits per heavy atom. The molecule has 0 aliphatic heterocycles. The Bertz CT molecular complexity index is 6230. The van der Waals surface area contributed by atoms with Crippen molar-refractivity contribution in [1.29, 1.82) is 5.26 Å². The lowest BCUT2D eigenvalue weighted by Crippen LogP contribution is -2.30. The number of rotatable bonds is 8. The van der Waals surface area contributed by atoms with Crippen LogP contribution in [0.3, 0.4) is 0 Å². The summed E-state index contributed by atoms with van der Waals surface area (Å²) in [7, 11) is 8.16. The predicted molar refractivity (Wildman–Crippen MR) is 420 cm³/mol. The fourth-order valence-corrected chi connectivity index (χ4v) is 14.5. The van der Waals surface area contributed by atoms with Gasteiger partial charge in [-0.3, -0.25) is 0 Å². The molecule has 0 fully saturated rings. The monoisotopic (exact) mass is 1360 g/mol. The number of nitrogens with zero attached hydrogens (tertiary/aromatic N) is 8. The molecule has 0 N–H and O–H groups in total. The van der Waals surface area contributed by atoms with Gasteiger partial charge >= 0.3 is 0 Å². The Kier molecular flexibility index (Phi) is 19.2. The van der Waals surface area contributed by atoms with E-state index in [1.165, 1.54) is 22.3 Å². The highest BCUT2D eigenvalue weighted by molar-refractivity contribution is 6.16. The van der Waals surface area contributed by atoms with Gasteiger partial charge in [0, 0.05) is 108 Å². The van der Waals surface area contributed by atoms with Crippen molar-refractivity contribution >= 4 is 105 Å². The highest BCUT2D eigenvalue weighted by atomic mass is 16.3. The Labute approximate surface area is 607 Å². The van der Waals surface area contributed by atoms with Crippen molar-refractivity contribution in [1.82, 2.24) is 0 Å². The summed E-state index contributed by atoms with van der Waals surface area (Å²) in [5, 5.41) is 17.7. The van der Waals surface area contributed by atoms with E-state index >= 15 is 0 Å². The van der Waals surface area contributed by atoms with Gasteiger partial charge in [-0.15, -0.1) is 0 Å². The quantitative estimate of drug-likeness (QED) is 0.111. The summed E-state index contributed by atoms with van der Waals surface area (Å²) in [6.45, 7) is 48.5. The van der Waals surface area contributed by atoms with Crippen molar-refractivity contribution in [2.45, 2.75) is 107 Å². The molecule has 12 heteroatoms. The number of benzene rings is 8. The number of furan rings is 4. The molecule has 16 aromatic rings. The van der Waals surface area contributed by atoms with Crippen molar-refractivity contribution in [3.05, 3.63) is 279 Å². The zero-order chi connectivity index (χ0) is 73.7. The number of aromatic nitrogens is 4. The zero-order valence-corrected chi connectivity index (χ0v) is 62.0. The molecule has 512 valence electrons. The van der Waals surface area contributed by atoms with Crippen LogP contribution in [-0.4, -0.2) is 0 Å². The van der Waals surface area contributed by atoms with Crippen molar-refractivity contribution in [2.75, 3.05) is 0 Å². The molecule has 8 heterocycles. The van der Waals surface area contributed by atoms with Gasteiger partial charge in [0.1, 0.15) is 73.3 Å². The number of hydrogen-bond donors (Lipinski definition) is 0. The average molecular weight is 1370 g/mol. The number of nitriles is 1. The summed E-state index contributed by atoms with van der Waals surface area (Å²) in [5.74, 6) is 1.36. The molecule has 0 amide bonds. The van der Waals surface area contributed by atoms with Gasteiger partial charge in [-0.05, 0) is 181 Å². The average Bonchev–Trinajstić information content (AvgIpc) is 1.60. The molecule has 0 aliphatic rings. The Morgan fingerprint density at radius 3 is 1.27 bits per heavy atom. The van der Waals surface area contributed by atoms with Gasteiger partial charge in [-0.25, -0.2) is 32.8 Å². The van der Waals surface area contributed by atoms with E-state index in [2.05, 4.69) is 257 Å². The van der Waals surface area contributed by atoms with E-state index in [4.69, 9.17) is 37.4 Å². The van der Waals surface area contributed by atoms with Gasteiger partial charge in [0.15, 0.2) is 41.7 Å². The van der Waals surface area contributed by atoms with E-state index in [0.29, 0.717) is 40.0 Å². The second-order valence-corrected chi connectivity index (χ2v) is 28.5. The predicted octanol–water partition coefficient (Wildman–Crippen LogP) is 23.6. The van der Waals surface area contributed by atoms with E-state index in [0.717, 1.165) is 149 Å². The number of pyridine rings is 4. The molecular weight excluding hydrogens is 1280 g/mol. The van der Waals surface area contributed by atoms with Crippen molar-refractivity contribution < 1.29 is 35.9 Å². The molecule has 0 aliphatic carbocycles. The van der Waals surface area contributed by atoms with E-state index < -0.39 is 0 Å². The van der Waals surface area contributed by atoms with Gasteiger partial charge in [0.2, 0.25) is 28.5 Å². The van der Waals surface area contributed by atoms with Gasteiger partial charge in [0.05, 0.1) is 30.8 Å². The molecule has 8 aromatic carbocycles. The zero-order valence-electron chi connectivity index (χ0n) is 62.0. The van der Waals surface area contributed by atoms with Crippen LogP contribution in [0.5, 0.6) is 0 Å². The standard InChI is InChI=1S/4C23H21N2O/c1-14(2)16-9-10-17-19(13-16)26-20-12-15(3)21(23(24-4)22(17)20)18-8-6-7-11-25(18)5;1-14(2)16-13-23-19(12-20(16)24-4)18-11-17(15(3)10-22(18)26-23)21-8-6-7-9-25(21)5;1-14(2)16-11-19(24-4)23-18-13-17(20-8-6-7-9-25(20)5)15(3)10-21(18)26-22(23)12-16;1-14(2)16-8-9-17-19-12-18(21-7-5-6-10-25(21)4)15(3)11-22(19)26-23(17)20(16)13-24/h3*6-14H,1-3,5H3;5-12,14H,1-4H3/q4*+1. The largest absolute Gasteiger partial charge is 0.457 e. The lowest BCUT2D eigenvalue weighted by atomic mass is 9.95. The molecule has 8 aromatic heterocycles. The summed E-state index contributed by atoms with van der Waals surface area (Å²) < 4.78 is 33.0. The molecule has 0 saturated heterocycles. The molecule has 12 nitrogen and oxygen atoms in total. The van der Waals surface area contributed by atoms with Crippen LogP contribution in [0.2, 0.25) is 0 Å². The van der Waals surface area contributed by atoms with Crippen LogP contribution < -0.4 is 18.3 Å². The summed E-state index contributed by atoms with van der Waals surface area (Å²) >= 11 is 0. The Morgan fingerprint density at radius 1 is 0.356 bits per heavy atom. The third-order valence-electron chi connectivity index (χ3n) is 20.2. The lowest BCUT2D eigenvalue weighted by molar-refractivity contribution is -0.660. The lowest BCUT2D eigenvalue weighted by Gasteiger charge is -2.08. The van der Waals surface area contributed by atoms with Gasteiger partial charge in [-0.1, -0.05) is 91.3 Å². The summed E-state index contributed by atoms with van der Waals surface area (Å²) in [6.07, 6.45) is 8.16. The van der Waals surface area contributed by atoms with Crippen LogP contribution in [0.4, 0.5) is 17.1 Å². The van der Waals surface area contributed by atoms with Crippen LogP contribution in [-0.2, 0) is 28.2 Å². The first-order chi connectivity index (χ1) is 50.0. The van der Waals surface area contributed by atoms with Crippen LogP contribution in [0.15, 0.2) is 212 Å². The van der Waals surface area contributed by atoms with Crippen molar-refractivity contribution in [2.24, 2.45) is 28.2 Å². The maximum Gasteiger partial charge on any atom is 0.212 e. The third-order valence-corrected chi connectivity index (χ3v) is 20.2. The second kappa shape index (κ2) is 28.5. The SMILES string of the molecule is Cc1cc2oc3c(C#N)c(C(C)C)ccc3c2cc1-c1cccc[n+]1C.[C-]#[N+]c1c(-c2cccc[n+]2C)c(C)cc2oc3cc(C(C)C)ccc3c12.[C-]#[N+]c1cc(C(C)C)cc2oc3cc(C)c(-c4cccc[n+]4C)cc3c12.[C-]#[N+]c1cc2c(cc1C(C)C)oc1cc(C)c(-c3cccc[n+]3C)cc12. The third kappa shape index (κ3) is 12.9. The molecule has 104 heavy (non-hydrogen) atoms. The van der Waals surface area contributed by atoms with Crippen LogP contribution in [0.25, 0.3) is 147 Å². The highest BCUT2D eigenvalue weighted by Crippen LogP contribution is 2.46. The maximum atomic E-state index is 9.70. The van der Waals surface area contributed by atoms with Gasteiger partial charge in [0.25, 0.3) is 0 Å².